The van der Waals surface area contributed by atoms with E-state index in [1.807, 2.05) is 30.3 Å². The van der Waals surface area contributed by atoms with Gasteiger partial charge in [-0.15, -0.1) is 0 Å². The molecule has 0 bridgehead atoms. The zero-order valence-electron chi connectivity index (χ0n) is 12.2. The monoisotopic (exact) mass is 323 g/mol. The molecule has 0 amide bonds. The van der Waals surface area contributed by atoms with Crippen LogP contribution in [0.4, 0.5) is 13.2 Å². The van der Waals surface area contributed by atoms with Crippen molar-refractivity contribution in [3.8, 4) is 0 Å². The highest BCUT2D eigenvalue weighted by Crippen LogP contribution is 2.29. The van der Waals surface area contributed by atoms with Crippen LogP contribution in [0.5, 0.6) is 0 Å². The third-order valence-corrected chi connectivity index (χ3v) is 3.41. The molecule has 23 heavy (non-hydrogen) atoms. The first-order valence-electron chi connectivity index (χ1n) is 7.02. The quantitative estimate of drug-likeness (QED) is 0.855. The molecule has 0 radical (unpaired) electrons. The summed E-state index contributed by atoms with van der Waals surface area (Å²) in [5, 5.41) is 12.1. The van der Waals surface area contributed by atoms with Crippen molar-refractivity contribution in [2.24, 2.45) is 0 Å². The largest absolute Gasteiger partial charge is 0.480 e. The van der Waals surface area contributed by atoms with Crippen molar-refractivity contribution in [3.63, 3.8) is 0 Å². The zero-order valence-corrected chi connectivity index (χ0v) is 12.2. The van der Waals surface area contributed by atoms with E-state index in [2.05, 4.69) is 5.32 Å². The minimum absolute atomic E-state index is 0.182. The van der Waals surface area contributed by atoms with Crippen LogP contribution in [0.15, 0.2) is 54.6 Å². The summed E-state index contributed by atoms with van der Waals surface area (Å²) in [4.78, 5) is 11.3. The predicted molar refractivity (Wildman–Crippen MR) is 79.9 cm³/mol. The summed E-state index contributed by atoms with van der Waals surface area (Å²) in [6, 6.07) is 13.0. The number of aliphatic carboxylic acids is 1. The van der Waals surface area contributed by atoms with E-state index in [9.17, 15) is 23.1 Å². The lowest BCUT2D eigenvalue weighted by molar-refractivity contribution is -0.139. The second kappa shape index (κ2) is 7.28. The van der Waals surface area contributed by atoms with Gasteiger partial charge in [0.1, 0.15) is 6.04 Å². The van der Waals surface area contributed by atoms with Gasteiger partial charge in [-0.1, -0.05) is 42.5 Å². The number of benzene rings is 2. The second-order valence-electron chi connectivity index (χ2n) is 5.16. The van der Waals surface area contributed by atoms with E-state index in [1.54, 1.807) is 0 Å². The van der Waals surface area contributed by atoms with Gasteiger partial charge in [-0.2, -0.15) is 13.2 Å². The van der Waals surface area contributed by atoms with Gasteiger partial charge in [-0.25, -0.2) is 0 Å². The number of hydrogen-bond acceptors (Lipinski definition) is 2. The van der Waals surface area contributed by atoms with Crippen LogP contribution < -0.4 is 5.32 Å². The fourth-order valence-corrected chi connectivity index (χ4v) is 2.15. The Kier molecular flexibility index (Phi) is 5.39. The highest BCUT2D eigenvalue weighted by atomic mass is 19.4. The maximum absolute atomic E-state index is 12.5. The fourth-order valence-electron chi connectivity index (χ4n) is 2.15. The van der Waals surface area contributed by atoms with Crippen molar-refractivity contribution < 1.29 is 23.1 Å². The maximum Gasteiger partial charge on any atom is 0.416 e. The van der Waals surface area contributed by atoms with Crippen molar-refractivity contribution in [1.29, 1.82) is 0 Å². The molecule has 2 aromatic rings. The maximum atomic E-state index is 12.5. The lowest BCUT2D eigenvalue weighted by atomic mass is 10.1. The van der Waals surface area contributed by atoms with Crippen LogP contribution in [-0.4, -0.2) is 17.1 Å². The summed E-state index contributed by atoms with van der Waals surface area (Å²) < 4.78 is 37.5. The SMILES string of the molecule is O=C(O)C(Cc1ccccc1)NCc1ccc(C(F)(F)F)cc1. The molecule has 2 aromatic carbocycles. The van der Waals surface area contributed by atoms with Gasteiger partial charge >= 0.3 is 12.1 Å². The van der Waals surface area contributed by atoms with Crippen LogP contribution in [0, 0.1) is 0 Å². The van der Waals surface area contributed by atoms with Gasteiger partial charge in [0.15, 0.2) is 0 Å². The minimum Gasteiger partial charge on any atom is -0.480 e. The number of carbonyl (C=O) groups is 1. The smallest absolute Gasteiger partial charge is 0.416 e. The summed E-state index contributed by atoms with van der Waals surface area (Å²) in [7, 11) is 0. The van der Waals surface area contributed by atoms with Crippen LogP contribution in [-0.2, 0) is 23.9 Å². The molecule has 0 aromatic heterocycles. The number of alkyl halides is 3. The number of nitrogens with one attached hydrogen (secondary N) is 1. The molecule has 2 rings (SSSR count). The van der Waals surface area contributed by atoms with E-state index in [4.69, 9.17) is 0 Å². The van der Waals surface area contributed by atoms with Crippen molar-refractivity contribution in [2.45, 2.75) is 25.2 Å². The molecular weight excluding hydrogens is 307 g/mol. The molecule has 1 unspecified atom stereocenters. The molecule has 0 aliphatic carbocycles. The predicted octanol–water partition coefficient (Wildman–Crippen LogP) is 3.49. The molecule has 2 N–H and O–H groups in total. The Bertz CT molecular complexity index is 639. The van der Waals surface area contributed by atoms with Gasteiger partial charge in [0, 0.05) is 6.54 Å². The summed E-state index contributed by atoms with van der Waals surface area (Å²) in [5.41, 5.74) is 0.748. The van der Waals surface area contributed by atoms with Gasteiger partial charge in [0.2, 0.25) is 0 Å². The molecule has 0 saturated carbocycles. The lowest BCUT2D eigenvalue weighted by Crippen LogP contribution is -2.38. The Morgan fingerprint density at radius 1 is 1.00 bits per heavy atom. The van der Waals surface area contributed by atoms with Gasteiger partial charge in [0.05, 0.1) is 5.56 Å². The number of halogens is 3. The lowest BCUT2D eigenvalue weighted by Gasteiger charge is -2.15. The summed E-state index contributed by atoms with van der Waals surface area (Å²) in [5.74, 6) is -0.999. The summed E-state index contributed by atoms with van der Waals surface area (Å²) in [6.45, 7) is 0.182. The van der Waals surface area contributed by atoms with Gasteiger partial charge in [0.25, 0.3) is 0 Å². The number of carboxylic acids is 1. The van der Waals surface area contributed by atoms with Crippen molar-refractivity contribution in [3.05, 3.63) is 71.3 Å². The average molecular weight is 323 g/mol. The van der Waals surface area contributed by atoms with Gasteiger partial charge < -0.3 is 10.4 Å². The van der Waals surface area contributed by atoms with E-state index in [-0.39, 0.29) is 6.54 Å². The molecule has 6 heteroatoms. The van der Waals surface area contributed by atoms with Crippen LogP contribution in [0.3, 0.4) is 0 Å². The molecule has 0 aliphatic heterocycles. The number of carboxylic acid groups (broad SMARTS) is 1. The third-order valence-electron chi connectivity index (χ3n) is 3.41. The Morgan fingerprint density at radius 3 is 2.13 bits per heavy atom. The highest BCUT2D eigenvalue weighted by molar-refractivity contribution is 5.73. The fraction of sp³-hybridized carbons (Fsp3) is 0.235. The first-order chi connectivity index (χ1) is 10.9. The molecule has 122 valence electrons. The summed E-state index contributed by atoms with van der Waals surface area (Å²) in [6.07, 6.45) is -4.07. The average Bonchev–Trinajstić information content (AvgIpc) is 2.51. The van der Waals surface area contributed by atoms with Gasteiger partial charge in [-0.3, -0.25) is 4.79 Å². The van der Waals surface area contributed by atoms with Gasteiger partial charge in [-0.05, 0) is 29.7 Å². The Morgan fingerprint density at radius 2 is 1.61 bits per heavy atom. The number of hydrogen-bond donors (Lipinski definition) is 2. The zero-order chi connectivity index (χ0) is 16.9. The minimum atomic E-state index is -4.37. The number of rotatable bonds is 6. The van der Waals surface area contributed by atoms with Crippen molar-refractivity contribution in [2.75, 3.05) is 0 Å². The molecule has 0 saturated heterocycles. The molecular formula is C17H16F3NO2. The molecule has 0 aliphatic rings. The molecule has 3 nitrogen and oxygen atoms in total. The Labute approximate surface area is 131 Å². The molecule has 0 heterocycles. The second-order valence-corrected chi connectivity index (χ2v) is 5.16. The highest BCUT2D eigenvalue weighted by Gasteiger charge is 2.29. The normalized spacial score (nSPS) is 12.8. The first kappa shape index (κ1) is 17.0. The van der Waals surface area contributed by atoms with Crippen LogP contribution >= 0.6 is 0 Å². The van der Waals surface area contributed by atoms with E-state index in [1.165, 1.54) is 12.1 Å². The van der Waals surface area contributed by atoms with Crippen LogP contribution in [0.1, 0.15) is 16.7 Å². The van der Waals surface area contributed by atoms with E-state index >= 15 is 0 Å². The third kappa shape index (κ3) is 5.10. The van der Waals surface area contributed by atoms with E-state index in [0.717, 1.165) is 17.7 Å². The van der Waals surface area contributed by atoms with Crippen molar-refractivity contribution >= 4 is 5.97 Å². The molecule has 0 spiro atoms. The van der Waals surface area contributed by atoms with E-state index < -0.39 is 23.8 Å². The standard InChI is InChI=1S/C17H16F3NO2/c18-17(19,20)14-8-6-13(7-9-14)11-21-15(16(22)23)10-12-4-2-1-3-5-12/h1-9,15,21H,10-11H2,(H,22,23). The summed E-state index contributed by atoms with van der Waals surface area (Å²) >= 11 is 0. The van der Waals surface area contributed by atoms with Crippen LogP contribution in [0.2, 0.25) is 0 Å². The topological polar surface area (TPSA) is 49.3 Å². The molecule has 0 fully saturated rings. The van der Waals surface area contributed by atoms with Crippen molar-refractivity contribution in [1.82, 2.24) is 5.32 Å². The van der Waals surface area contributed by atoms with Crippen LogP contribution in [0.25, 0.3) is 0 Å². The first-order valence-corrected chi connectivity index (χ1v) is 7.02. The Hall–Kier alpha value is -2.34. The molecule has 1 atom stereocenters. The van der Waals surface area contributed by atoms with E-state index in [0.29, 0.717) is 12.0 Å². The Balaban J connectivity index is 1.97.